The fourth-order valence-electron chi connectivity index (χ4n) is 4.63. The number of halogens is 1. The molecule has 0 spiro atoms. The van der Waals surface area contributed by atoms with E-state index in [-0.39, 0.29) is 40.3 Å². The van der Waals surface area contributed by atoms with Gasteiger partial charge < -0.3 is 25.8 Å². The van der Waals surface area contributed by atoms with E-state index < -0.39 is 23.5 Å². The van der Waals surface area contributed by atoms with Gasteiger partial charge in [-0.2, -0.15) is 4.68 Å². The monoisotopic (exact) mass is 575 g/mol. The summed E-state index contributed by atoms with van der Waals surface area (Å²) in [4.78, 5) is 29.6. The maximum atomic E-state index is 16.3. The number of nitrogen functional groups attached to an aromatic ring is 1. The summed E-state index contributed by atoms with van der Waals surface area (Å²) in [5.41, 5.74) is 6.86. The number of aryl methyl sites for hydroxylation is 1. The van der Waals surface area contributed by atoms with Crippen molar-refractivity contribution in [3.05, 3.63) is 105 Å². The van der Waals surface area contributed by atoms with E-state index in [1.165, 1.54) is 12.1 Å². The molecule has 0 fully saturated rings. The number of aromatic carboxylic acids is 1. The predicted octanol–water partition coefficient (Wildman–Crippen LogP) is 3.77. The largest absolute Gasteiger partial charge is 0.486 e. The number of para-hydroxylation sites is 1. The number of hydrogen-bond donors (Lipinski definition) is 5. The lowest BCUT2D eigenvalue weighted by molar-refractivity contribution is 0.0696. The Hall–Kier alpha value is -4.97. The molecule has 4 rings (SSSR count). The van der Waals surface area contributed by atoms with E-state index >= 15 is 4.39 Å². The predicted molar refractivity (Wildman–Crippen MR) is 158 cm³/mol. The molecule has 0 bridgehead atoms. The van der Waals surface area contributed by atoms with Crippen LogP contribution in [0.5, 0.6) is 5.75 Å². The first-order chi connectivity index (χ1) is 20.0. The van der Waals surface area contributed by atoms with Gasteiger partial charge in [-0.25, -0.2) is 14.0 Å². The SMILES string of the molecule is CCc1cc(OC(C)CN(C)C)c(F)c(C(Nc2ccc(C(=N)N)cc2)c2nn(-c3ccccc3C(=O)O)c(=O)[nH]2)c1. The Kier molecular flexibility index (Phi) is 9.06. The van der Waals surface area contributed by atoms with Crippen molar-refractivity contribution < 1.29 is 19.0 Å². The molecule has 2 atom stereocenters. The van der Waals surface area contributed by atoms with Gasteiger partial charge >= 0.3 is 11.7 Å². The van der Waals surface area contributed by atoms with Crippen molar-refractivity contribution in [3.63, 3.8) is 0 Å². The van der Waals surface area contributed by atoms with E-state index in [0.717, 1.165) is 10.2 Å². The van der Waals surface area contributed by atoms with Crippen LogP contribution >= 0.6 is 0 Å². The quantitative estimate of drug-likeness (QED) is 0.126. The average molecular weight is 576 g/mol. The molecule has 0 saturated carbocycles. The summed E-state index contributed by atoms with van der Waals surface area (Å²) < 4.78 is 23.2. The van der Waals surface area contributed by atoms with Gasteiger partial charge in [-0.05, 0) is 75.5 Å². The number of carboxylic acid groups (broad SMARTS) is 1. The number of ether oxygens (including phenoxy) is 1. The van der Waals surface area contributed by atoms with Gasteiger partial charge in [0, 0.05) is 23.4 Å². The number of carbonyl (C=O) groups is 1. The van der Waals surface area contributed by atoms with Gasteiger partial charge in [0.05, 0.1) is 11.3 Å². The summed E-state index contributed by atoms with van der Waals surface area (Å²) in [6.45, 7) is 4.35. The highest BCUT2D eigenvalue weighted by Crippen LogP contribution is 2.33. The minimum atomic E-state index is -1.22. The first kappa shape index (κ1) is 30.0. The van der Waals surface area contributed by atoms with E-state index in [4.69, 9.17) is 15.9 Å². The van der Waals surface area contributed by atoms with Crippen molar-refractivity contribution in [2.45, 2.75) is 32.4 Å². The zero-order valence-electron chi connectivity index (χ0n) is 23.8. The molecular weight excluding hydrogens is 541 g/mol. The number of H-pyrrole nitrogens is 1. The Balaban J connectivity index is 1.87. The highest BCUT2D eigenvalue weighted by molar-refractivity contribution is 5.95. The Bertz CT molecular complexity index is 1650. The topological polar surface area (TPSA) is 162 Å². The second-order valence-electron chi connectivity index (χ2n) is 10.2. The van der Waals surface area contributed by atoms with Gasteiger partial charge in [-0.1, -0.05) is 25.1 Å². The van der Waals surface area contributed by atoms with Gasteiger partial charge in [0.25, 0.3) is 0 Å². The lowest BCUT2D eigenvalue weighted by atomic mass is 10.00. The van der Waals surface area contributed by atoms with Crippen molar-refractivity contribution in [2.75, 3.05) is 26.0 Å². The summed E-state index contributed by atoms with van der Waals surface area (Å²) in [5, 5.41) is 25.0. The third kappa shape index (κ3) is 6.66. The van der Waals surface area contributed by atoms with Gasteiger partial charge in [0.1, 0.15) is 18.0 Å². The van der Waals surface area contributed by atoms with E-state index in [1.807, 2.05) is 32.8 Å². The van der Waals surface area contributed by atoms with Crippen molar-refractivity contribution in [2.24, 2.45) is 5.73 Å². The molecule has 1 heterocycles. The maximum absolute atomic E-state index is 16.3. The molecule has 220 valence electrons. The molecule has 0 aliphatic carbocycles. The normalized spacial score (nSPS) is 12.6. The van der Waals surface area contributed by atoms with Gasteiger partial charge in [0.15, 0.2) is 17.4 Å². The summed E-state index contributed by atoms with van der Waals surface area (Å²) in [6, 6.07) is 14.9. The molecule has 42 heavy (non-hydrogen) atoms. The summed E-state index contributed by atoms with van der Waals surface area (Å²) in [5.74, 6) is -1.84. The minimum Gasteiger partial charge on any atom is -0.486 e. The van der Waals surface area contributed by atoms with Crippen molar-refractivity contribution in [1.29, 1.82) is 5.41 Å². The number of hydrogen-bond acceptors (Lipinski definition) is 7. The molecule has 2 unspecified atom stereocenters. The Labute approximate surface area is 242 Å². The van der Waals surface area contributed by atoms with Crippen LogP contribution in [0, 0.1) is 11.2 Å². The number of likely N-dealkylation sites (N-methyl/N-ethyl adjacent to an activating group) is 1. The Morgan fingerprint density at radius 3 is 2.52 bits per heavy atom. The molecular formula is C30H34FN7O4. The van der Waals surface area contributed by atoms with Crippen LogP contribution in [0.15, 0.2) is 65.5 Å². The van der Waals surface area contributed by atoms with Crippen LogP contribution in [-0.2, 0) is 6.42 Å². The summed E-state index contributed by atoms with van der Waals surface area (Å²) in [7, 11) is 3.80. The molecule has 0 amide bonds. The third-order valence-corrected chi connectivity index (χ3v) is 6.57. The van der Waals surface area contributed by atoms with Crippen LogP contribution in [-0.4, -0.2) is 63.3 Å². The fraction of sp³-hybridized carbons (Fsp3) is 0.267. The zero-order valence-corrected chi connectivity index (χ0v) is 23.8. The number of anilines is 1. The number of nitrogens with one attached hydrogen (secondary N) is 3. The lowest BCUT2D eigenvalue weighted by Crippen LogP contribution is -2.28. The first-order valence-corrected chi connectivity index (χ1v) is 13.3. The second-order valence-corrected chi connectivity index (χ2v) is 10.2. The molecule has 11 nitrogen and oxygen atoms in total. The number of carboxylic acids is 1. The summed E-state index contributed by atoms with van der Waals surface area (Å²) in [6.07, 6.45) is 0.273. The molecule has 0 aliphatic heterocycles. The van der Waals surface area contributed by atoms with Crippen LogP contribution < -0.4 is 21.5 Å². The van der Waals surface area contributed by atoms with Crippen LogP contribution in [0.2, 0.25) is 0 Å². The van der Waals surface area contributed by atoms with Crippen LogP contribution in [0.4, 0.5) is 10.1 Å². The standard InChI is InChI=1S/C30H34FN7O4/c1-5-18-14-22(25(31)24(15-18)42-17(2)16-37(3)4)26(34-20-12-10-19(11-13-20)27(32)33)28-35-30(41)38(36-28)23-9-7-6-8-21(23)29(39)40/h6-15,17,26,34H,5,16H2,1-4H3,(H3,32,33)(H,39,40)(H,35,36,41). The highest BCUT2D eigenvalue weighted by atomic mass is 19.1. The lowest BCUT2D eigenvalue weighted by Gasteiger charge is -2.23. The average Bonchev–Trinajstić information content (AvgIpc) is 3.33. The molecule has 0 radical (unpaired) electrons. The van der Waals surface area contributed by atoms with E-state index in [1.54, 1.807) is 48.5 Å². The number of aromatic amines is 1. The zero-order chi connectivity index (χ0) is 30.6. The third-order valence-electron chi connectivity index (χ3n) is 6.57. The molecule has 6 N–H and O–H groups in total. The van der Waals surface area contributed by atoms with E-state index in [0.29, 0.717) is 24.2 Å². The first-order valence-electron chi connectivity index (χ1n) is 13.3. The molecule has 0 saturated heterocycles. The fourth-order valence-corrected chi connectivity index (χ4v) is 4.63. The van der Waals surface area contributed by atoms with Crippen LogP contribution in [0.3, 0.4) is 0 Å². The molecule has 4 aromatic rings. The van der Waals surface area contributed by atoms with Crippen molar-refractivity contribution in [3.8, 4) is 11.4 Å². The number of rotatable bonds is 12. The molecule has 0 aliphatic rings. The van der Waals surface area contributed by atoms with Crippen molar-refractivity contribution in [1.82, 2.24) is 19.7 Å². The van der Waals surface area contributed by atoms with E-state index in [2.05, 4.69) is 15.4 Å². The van der Waals surface area contributed by atoms with Crippen molar-refractivity contribution >= 4 is 17.5 Å². The Morgan fingerprint density at radius 1 is 1.21 bits per heavy atom. The number of nitrogens with two attached hydrogens (primary N) is 1. The van der Waals surface area contributed by atoms with Gasteiger partial charge in [-0.15, -0.1) is 5.10 Å². The molecule has 1 aromatic heterocycles. The van der Waals surface area contributed by atoms with Gasteiger partial charge in [0.2, 0.25) is 0 Å². The molecule has 3 aromatic carbocycles. The smallest absolute Gasteiger partial charge is 0.348 e. The minimum absolute atomic E-state index is 0.0512. The van der Waals surface area contributed by atoms with Gasteiger partial charge in [-0.3, -0.25) is 10.4 Å². The van der Waals surface area contributed by atoms with E-state index in [9.17, 15) is 14.7 Å². The number of nitrogens with zero attached hydrogens (tertiary/aromatic N) is 3. The van der Waals surface area contributed by atoms with Crippen LogP contribution in [0.1, 0.15) is 52.8 Å². The Morgan fingerprint density at radius 2 is 1.90 bits per heavy atom. The number of benzene rings is 3. The van der Waals surface area contributed by atoms with Crippen LogP contribution in [0.25, 0.3) is 5.69 Å². The number of aromatic nitrogens is 3. The number of amidine groups is 1. The molecule has 12 heteroatoms. The maximum Gasteiger partial charge on any atom is 0.348 e. The second kappa shape index (κ2) is 12.7. The summed E-state index contributed by atoms with van der Waals surface area (Å²) >= 11 is 0. The highest BCUT2D eigenvalue weighted by Gasteiger charge is 2.27.